The predicted octanol–water partition coefficient (Wildman–Crippen LogP) is 1.67. The third kappa shape index (κ3) is 1.92. The van der Waals surface area contributed by atoms with Crippen molar-refractivity contribution in [2.75, 3.05) is 0 Å². The second kappa shape index (κ2) is 3.94. The van der Waals surface area contributed by atoms with Crippen LogP contribution in [0.25, 0.3) is 0 Å². The van der Waals surface area contributed by atoms with E-state index in [1.807, 2.05) is 18.2 Å². The minimum absolute atomic E-state index is 0.560. The summed E-state index contributed by atoms with van der Waals surface area (Å²) >= 11 is 0. The highest BCUT2D eigenvalue weighted by Crippen LogP contribution is 2.07. The van der Waals surface area contributed by atoms with Crippen LogP contribution in [0.3, 0.4) is 0 Å². The van der Waals surface area contributed by atoms with Crippen LogP contribution in [0, 0.1) is 6.07 Å². The first-order valence-corrected chi connectivity index (χ1v) is 3.68. The number of rotatable bonds is 3. The fraction of sp³-hybridized carbons (Fsp3) is 0.200. The van der Waals surface area contributed by atoms with Gasteiger partial charge in [-0.05, 0) is 23.6 Å². The minimum Gasteiger partial charge on any atom is -0.326 e. The molecule has 0 fully saturated rings. The lowest BCUT2D eigenvalue weighted by molar-refractivity contribution is 1.03. The van der Waals surface area contributed by atoms with Gasteiger partial charge in [0.15, 0.2) is 0 Å². The van der Waals surface area contributed by atoms with Crippen molar-refractivity contribution in [3.63, 3.8) is 0 Å². The van der Waals surface area contributed by atoms with Crippen molar-refractivity contribution in [2.45, 2.75) is 13.0 Å². The SMILES string of the molecule is C=CCc1ccc[c]c1CN. The molecule has 0 saturated carbocycles. The summed E-state index contributed by atoms with van der Waals surface area (Å²) in [4.78, 5) is 0. The molecule has 1 rings (SSSR count). The molecule has 0 aliphatic rings. The highest BCUT2D eigenvalue weighted by atomic mass is 14.5. The van der Waals surface area contributed by atoms with E-state index in [2.05, 4.69) is 18.7 Å². The van der Waals surface area contributed by atoms with E-state index in [1.54, 1.807) is 0 Å². The van der Waals surface area contributed by atoms with E-state index in [4.69, 9.17) is 5.73 Å². The highest BCUT2D eigenvalue weighted by molar-refractivity contribution is 5.27. The standard InChI is InChI=1S/C10H12N/c1-2-5-9-6-3-4-7-10(9)8-11/h2-4,6H,1,5,8,11H2. The first-order valence-electron chi connectivity index (χ1n) is 3.68. The van der Waals surface area contributed by atoms with Gasteiger partial charge in [-0.3, -0.25) is 0 Å². The molecule has 1 radical (unpaired) electrons. The van der Waals surface area contributed by atoms with Crippen molar-refractivity contribution in [3.05, 3.63) is 48.0 Å². The van der Waals surface area contributed by atoms with E-state index in [9.17, 15) is 0 Å². The molecular weight excluding hydrogens is 134 g/mol. The van der Waals surface area contributed by atoms with Crippen molar-refractivity contribution < 1.29 is 0 Å². The quantitative estimate of drug-likeness (QED) is 0.645. The van der Waals surface area contributed by atoms with E-state index in [1.165, 1.54) is 5.56 Å². The average Bonchev–Trinajstić information content (AvgIpc) is 2.06. The van der Waals surface area contributed by atoms with Crippen LogP contribution in [0.1, 0.15) is 11.1 Å². The van der Waals surface area contributed by atoms with Crippen molar-refractivity contribution in [1.29, 1.82) is 0 Å². The fourth-order valence-electron chi connectivity index (χ4n) is 1.04. The Bertz CT molecular complexity index is 240. The average molecular weight is 146 g/mol. The summed E-state index contributed by atoms with van der Waals surface area (Å²) in [6.45, 7) is 4.24. The van der Waals surface area contributed by atoms with E-state index in [0.717, 1.165) is 12.0 Å². The molecule has 1 nitrogen and oxygen atoms in total. The molecule has 11 heavy (non-hydrogen) atoms. The zero-order valence-corrected chi connectivity index (χ0v) is 6.51. The van der Waals surface area contributed by atoms with Crippen LogP contribution in [0.15, 0.2) is 30.9 Å². The Morgan fingerprint density at radius 3 is 3.09 bits per heavy atom. The third-order valence-electron chi connectivity index (χ3n) is 1.61. The first kappa shape index (κ1) is 8.02. The summed E-state index contributed by atoms with van der Waals surface area (Å²) in [5.74, 6) is 0. The molecule has 0 amide bonds. The smallest absolute Gasteiger partial charge is 0.0187 e. The van der Waals surface area contributed by atoms with E-state index in [-0.39, 0.29) is 0 Å². The minimum atomic E-state index is 0.560. The molecule has 1 aromatic rings. The van der Waals surface area contributed by atoms with Crippen LogP contribution < -0.4 is 5.73 Å². The summed E-state index contributed by atoms with van der Waals surface area (Å²) < 4.78 is 0. The van der Waals surface area contributed by atoms with Crippen molar-refractivity contribution in [1.82, 2.24) is 0 Å². The third-order valence-corrected chi connectivity index (χ3v) is 1.61. The maximum Gasteiger partial charge on any atom is 0.0187 e. The first-order chi connectivity index (χ1) is 5.38. The lowest BCUT2D eigenvalue weighted by Crippen LogP contribution is -2.00. The Morgan fingerprint density at radius 2 is 2.45 bits per heavy atom. The van der Waals surface area contributed by atoms with Gasteiger partial charge in [-0.25, -0.2) is 0 Å². The van der Waals surface area contributed by atoms with Gasteiger partial charge < -0.3 is 5.73 Å². The van der Waals surface area contributed by atoms with Gasteiger partial charge in [0.1, 0.15) is 0 Å². The van der Waals surface area contributed by atoms with Gasteiger partial charge in [0.05, 0.1) is 0 Å². The summed E-state index contributed by atoms with van der Waals surface area (Å²) in [7, 11) is 0. The number of benzene rings is 1. The molecule has 0 atom stereocenters. The Balaban J connectivity index is 2.92. The molecule has 0 bridgehead atoms. The molecule has 0 unspecified atom stereocenters. The largest absolute Gasteiger partial charge is 0.326 e. The zero-order valence-electron chi connectivity index (χ0n) is 6.51. The fourth-order valence-corrected chi connectivity index (χ4v) is 1.04. The molecule has 57 valence electrons. The number of allylic oxidation sites excluding steroid dienone is 1. The second-order valence-corrected chi connectivity index (χ2v) is 2.37. The molecule has 1 aromatic carbocycles. The van der Waals surface area contributed by atoms with Gasteiger partial charge in [0.25, 0.3) is 0 Å². The van der Waals surface area contributed by atoms with E-state index >= 15 is 0 Å². The molecule has 0 saturated heterocycles. The van der Waals surface area contributed by atoms with Gasteiger partial charge in [-0.2, -0.15) is 0 Å². The summed E-state index contributed by atoms with van der Waals surface area (Å²) in [6.07, 6.45) is 2.76. The van der Waals surface area contributed by atoms with Crippen molar-refractivity contribution in [3.8, 4) is 0 Å². The normalized spacial score (nSPS) is 9.55. The van der Waals surface area contributed by atoms with Gasteiger partial charge in [-0.15, -0.1) is 6.58 Å². The van der Waals surface area contributed by atoms with E-state index in [0.29, 0.717) is 6.54 Å². The maximum atomic E-state index is 5.52. The predicted molar refractivity (Wildman–Crippen MR) is 47.1 cm³/mol. The topological polar surface area (TPSA) is 26.0 Å². The Hall–Kier alpha value is -1.08. The van der Waals surface area contributed by atoms with Gasteiger partial charge in [0.2, 0.25) is 0 Å². The van der Waals surface area contributed by atoms with E-state index < -0.39 is 0 Å². The van der Waals surface area contributed by atoms with Crippen molar-refractivity contribution >= 4 is 0 Å². The van der Waals surface area contributed by atoms with Crippen LogP contribution in [0.2, 0.25) is 0 Å². The number of nitrogens with two attached hydrogens (primary N) is 1. The molecule has 0 aromatic heterocycles. The molecular formula is C10H12N. The molecule has 0 aliphatic carbocycles. The van der Waals surface area contributed by atoms with Crippen LogP contribution in [-0.4, -0.2) is 0 Å². The number of hydrogen-bond acceptors (Lipinski definition) is 1. The molecule has 1 heteroatoms. The lowest BCUT2D eigenvalue weighted by Gasteiger charge is -2.02. The molecule has 0 heterocycles. The summed E-state index contributed by atoms with van der Waals surface area (Å²) in [5, 5.41) is 0. The van der Waals surface area contributed by atoms with Gasteiger partial charge in [0, 0.05) is 6.54 Å². The summed E-state index contributed by atoms with van der Waals surface area (Å²) in [6, 6.07) is 9.01. The Kier molecular flexibility index (Phi) is 2.87. The highest BCUT2D eigenvalue weighted by Gasteiger charge is 1.95. The molecule has 0 spiro atoms. The lowest BCUT2D eigenvalue weighted by atomic mass is 10.1. The molecule has 0 aliphatic heterocycles. The van der Waals surface area contributed by atoms with Crippen molar-refractivity contribution in [2.24, 2.45) is 5.73 Å². The maximum absolute atomic E-state index is 5.52. The van der Waals surface area contributed by atoms with Gasteiger partial charge in [-0.1, -0.05) is 24.3 Å². The van der Waals surface area contributed by atoms with Gasteiger partial charge >= 0.3 is 0 Å². The van der Waals surface area contributed by atoms with Crippen LogP contribution in [-0.2, 0) is 13.0 Å². The second-order valence-electron chi connectivity index (χ2n) is 2.37. The zero-order chi connectivity index (χ0) is 8.10. The molecule has 2 N–H and O–H groups in total. The van der Waals surface area contributed by atoms with Crippen LogP contribution in [0.5, 0.6) is 0 Å². The summed E-state index contributed by atoms with van der Waals surface area (Å²) in [5.41, 5.74) is 7.83. The van der Waals surface area contributed by atoms with Crippen LogP contribution >= 0.6 is 0 Å². The monoisotopic (exact) mass is 146 g/mol. The Labute approximate surface area is 67.5 Å². The number of hydrogen-bond donors (Lipinski definition) is 1. The van der Waals surface area contributed by atoms with Crippen LogP contribution in [0.4, 0.5) is 0 Å². The Morgan fingerprint density at radius 1 is 1.64 bits per heavy atom.